The molecule has 4 amide bonds. The van der Waals surface area contributed by atoms with Gasteiger partial charge in [-0.15, -0.1) is 0 Å². The van der Waals surface area contributed by atoms with E-state index in [1.165, 1.54) is 11.2 Å². The van der Waals surface area contributed by atoms with Gasteiger partial charge in [0.1, 0.15) is 6.26 Å². The van der Waals surface area contributed by atoms with Gasteiger partial charge >= 0.3 is 12.1 Å². The van der Waals surface area contributed by atoms with Gasteiger partial charge in [0, 0.05) is 46.3 Å². The molecule has 19 heavy (non-hydrogen) atoms. The molecule has 8 nitrogen and oxygen atoms in total. The fraction of sp³-hybridized carbons (Fsp3) is 0.545. The zero-order chi connectivity index (χ0) is 13.8. The maximum absolute atomic E-state index is 11.9. The van der Waals surface area contributed by atoms with Crippen molar-refractivity contribution in [3.05, 3.63) is 12.3 Å². The van der Waals surface area contributed by atoms with Crippen molar-refractivity contribution in [1.29, 1.82) is 0 Å². The van der Waals surface area contributed by atoms with Crippen LogP contribution in [-0.2, 0) is 0 Å². The molecule has 1 N–H and O–H groups in total. The molecular formula is C11H17N5O3. The van der Waals surface area contributed by atoms with Crippen LogP contribution < -0.4 is 5.32 Å². The molecule has 1 aromatic heterocycles. The third-order valence-corrected chi connectivity index (χ3v) is 2.89. The van der Waals surface area contributed by atoms with Crippen LogP contribution >= 0.6 is 0 Å². The first-order chi connectivity index (χ1) is 9.08. The zero-order valence-corrected chi connectivity index (χ0v) is 11.0. The second-order valence-electron chi connectivity index (χ2n) is 4.47. The molecule has 0 saturated carbocycles. The number of hydrogen-bond donors (Lipinski definition) is 1. The van der Waals surface area contributed by atoms with E-state index >= 15 is 0 Å². The van der Waals surface area contributed by atoms with Crippen molar-refractivity contribution in [3.8, 4) is 0 Å². The van der Waals surface area contributed by atoms with Crippen LogP contribution in [0.15, 0.2) is 16.9 Å². The van der Waals surface area contributed by atoms with Gasteiger partial charge in [0.05, 0.1) is 0 Å². The van der Waals surface area contributed by atoms with Crippen molar-refractivity contribution in [2.45, 2.75) is 0 Å². The van der Waals surface area contributed by atoms with Gasteiger partial charge in [-0.1, -0.05) is 5.16 Å². The van der Waals surface area contributed by atoms with Crippen LogP contribution in [0.1, 0.15) is 0 Å². The number of piperazine rings is 1. The number of carbonyl (C=O) groups excluding carboxylic acids is 2. The summed E-state index contributed by atoms with van der Waals surface area (Å²) in [6, 6.07) is 1.31. The van der Waals surface area contributed by atoms with Crippen molar-refractivity contribution in [2.24, 2.45) is 0 Å². The van der Waals surface area contributed by atoms with E-state index in [-0.39, 0.29) is 12.1 Å². The second kappa shape index (κ2) is 5.59. The Bertz CT molecular complexity index is 437. The SMILES string of the molecule is CN(C)C(=O)N1CCN(C(=O)Nc2ccon2)CC1. The number of anilines is 1. The summed E-state index contributed by atoms with van der Waals surface area (Å²) in [6.45, 7) is 2.07. The first-order valence-electron chi connectivity index (χ1n) is 6.00. The number of aromatic nitrogens is 1. The second-order valence-corrected chi connectivity index (χ2v) is 4.47. The van der Waals surface area contributed by atoms with Crippen LogP contribution in [-0.4, -0.2) is 72.2 Å². The van der Waals surface area contributed by atoms with Crippen LogP contribution in [0.2, 0.25) is 0 Å². The van der Waals surface area contributed by atoms with E-state index in [1.54, 1.807) is 30.0 Å². The quantitative estimate of drug-likeness (QED) is 0.803. The predicted molar refractivity (Wildman–Crippen MR) is 67.8 cm³/mol. The summed E-state index contributed by atoms with van der Waals surface area (Å²) >= 11 is 0. The monoisotopic (exact) mass is 267 g/mol. The highest BCUT2D eigenvalue weighted by Crippen LogP contribution is 2.07. The minimum atomic E-state index is -0.231. The average Bonchev–Trinajstić information content (AvgIpc) is 2.90. The molecule has 1 aliphatic rings. The molecule has 2 heterocycles. The summed E-state index contributed by atoms with van der Waals surface area (Å²) in [5.41, 5.74) is 0. The van der Waals surface area contributed by atoms with Crippen LogP contribution in [0.4, 0.5) is 15.4 Å². The average molecular weight is 267 g/mol. The van der Waals surface area contributed by atoms with E-state index in [4.69, 9.17) is 0 Å². The van der Waals surface area contributed by atoms with Crippen molar-refractivity contribution < 1.29 is 14.1 Å². The Kier molecular flexibility index (Phi) is 3.88. The molecule has 1 saturated heterocycles. The Labute approximate surface area is 110 Å². The highest BCUT2D eigenvalue weighted by Gasteiger charge is 2.25. The molecule has 0 radical (unpaired) electrons. The van der Waals surface area contributed by atoms with Gasteiger partial charge < -0.3 is 19.2 Å². The normalized spacial score (nSPS) is 15.3. The van der Waals surface area contributed by atoms with Crippen molar-refractivity contribution >= 4 is 17.9 Å². The summed E-state index contributed by atoms with van der Waals surface area (Å²) in [5, 5.41) is 6.24. The molecule has 0 unspecified atom stereocenters. The molecule has 1 fully saturated rings. The van der Waals surface area contributed by atoms with Gasteiger partial charge in [0.25, 0.3) is 0 Å². The fourth-order valence-electron chi connectivity index (χ4n) is 1.85. The third-order valence-electron chi connectivity index (χ3n) is 2.89. The summed E-state index contributed by atoms with van der Waals surface area (Å²) in [5.74, 6) is 0.386. The summed E-state index contributed by atoms with van der Waals surface area (Å²) in [6.07, 6.45) is 1.39. The lowest BCUT2D eigenvalue weighted by Crippen LogP contribution is -2.53. The minimum absolute atomic E-state index is 0.0310. The van der Waals surface area contributed by atoms with Crippen molar-refractivity contribution in [3.63, 3.8) is 0 Å². The minimum Gasteiger partial charge on any atom is -0.363 e. The lowest BCUT2D eigenvalue weighted by Gasteiger charge is -2.35. The number of rotatable bonds is 1. The van der Waals surface area contributed by atoms with E-state index in [0.717, 1.165) is 0 Å². The van der Waals surface area contributed by atoms with E-state index < -0.39 is 0 Å². The molecule has 0 aromatic carbocycles. The molecule has 104 valence electrons. The predicted octanol–water partition coefficient (Wildman–Crippen LogP) is 0.506. The Morgan fingerprint density at radius 3 is 2.42 bits per heavy atom. The number of carbonyl (C=O) groups is 2. The Morgan fingerprint density at radius 1 is 1.26 bits per heavy atom. The van der Waals surface area contributed by atoms with E-state index in [2.05, 4.69) is 15.0 Å². The van der Waals surface area contributed by atoms with Crippen LogP contribution in [0, 0.1) is 0 Å². The maximum Gasteiger partial charge on any atom is 0.323 e. The van der Waals surface area contributed by atoms with Gasteiger partial charge in [-0.2, -0.15) is 0 Å². The molecule has 2 rings (SSSR count). The Morgan fingerprint density at radius 2 is 1.89 bits per heavy atom. The standard InChI is InChI=1S/C11H17N5O3/c1-14(2)11(18)16-6-4-15(5-7-16)10(17)12-9-3-8-19-13-9/h3,8H,4-7H2,1-2H3,(H,12,13,17). The van der Waals surface area contributed by atoms with Crippen LogP contribution in [0.5, 0.6) is 0 Å². The summed E-state index contributed by atoms with van der Waals surface area (Å²) < 4.78 is 4.64. The number of amides is 4. The molecule has 8 heteroatoms. The van der Waals surface area contributed by atoms with Crippen molar-refractivity contribution in [1.82, 2.24) is 19.9 Å². The number of nitrogens with one attached hydrogen (secondary N) is 1. The summed E-state index contributed by atoms with van der Waals surface area (Å²) in [4.78, 5) is 28.5. The highest BCUT2D eigenvalue weighted by atomic mass is 16.5. The number of nitrogens with zero attached hydrogens (tertiary/aromatic N) is 4. The van der Waals surface area contributed by atoms with Gasteiger partial charge in [0.15, 0.2) is 5.82 Å². The molecular weight excluding hydrogens is 250 g/mol. The smallest absolute Gasteiger partial charge is 0.323 e. The van der Waals surface area contributed by atoms with Gasteiger partial charge in [-0.25, -0.2) is 9.59 Å². The fourth-order valence-corrected chi connectivity index (χ4v) is 1.85. The molecule has 1 aliphatic heterocycles. The van der Waals surface area contributed by atoms with Gasteiger partial charge in [0.2, 0.25) is 0 Å². The molecule has 0 spiro atoms. The highest BCUT2D eigenvalue weighted by molar-refractivity contribution is 5.88. The molecule has 0 atom stereocenters. The largest absolute Gasteiger partial charge is 0.363 e. The molecule has 0 bridgehead atoms. The van der Waals surface area contributed by atoms with Crippen LogP contribution in [0.25, 0.3) is 0 Å². The van der Waals surface area contributed by atoms with Gasteiger partial charge in [-0.05, 0) is 0 Å². The van der Waals surface area contributed by atoms with E-state index in [0.29, 0.717) is 32.0 Å². The Balaban J connectivity index is 1.83. The Hall–Kier alpha value is -2.25. The molecule has 1 aromatic rings. The number of hydrogen-bond acceptors (Lipinski definition) is 4. The van der Waals surface area contributed by atoms with Gasteiger partial charge in [-0.3, -0.25) is 5.32 Å². The topological polar surface area (TPSA) is 81.9 Å². The zero-order valence-electron chi connectivity index (χ0n) is 11.0. The lowest BCUT2D eigenvalue weighted by atomic mass is 10.3. The third kappa shape index (κ3) is 3.15. The first-order valence-corrected chi connectivity index (χ1v) is 6.00. The number of urea groups is 2. The molecule has 0 aliphatic carbocycles. The van der Waals surface area contributed by atoms with E-state index in [1.807, 2.05) is 0 Å². The first kappa shape index (κ1) is 13.2. The summed E-state index contributed by atoms with van der Waals surface area (Å²) in [7, 11) is 3.43. The maximum atomic E-state index is 11.9. The lowest BCUT2D eigenvalue weighted by molar-refractivity contribution is 0.133. The van der Waals surface area contributed by atoms with Crippen LogP contribution in [0.3, 0.4) is 0 Å². The van der Waals surface area contributed by atoms with E-state index in [9.17, 15) is 9.59 Å². The van der Waals surface area contributed by atoms with Crippen molar-refractivity contribution in [2.75, 3.05) is 45.6 Å².